The van der Waals surface area contributed by atoms with Crippen LogP contribution in [0.4, 0.5) is 0 Å². The fourth-order valence-corrected chi connectivity index (χ4v) is 5.61. The van der Waals surface area contributed by atoms with Gasteiger partial charge in [-0.1, -0.05) is 121 Å². The van der Waals surface area contributed by atoms with Gasteiger partial charge < -0.3 is 0 Å². The molecule has 7 aromatic rings. The van der Waals surface area contributed by atoms with E-state index in [2.05, 4.69) is 72.8 Å². The molecular formula is C34H20O2. The van der Waals surface area contributed by atoms with Gasteiger partial charge in [-0.2, -0.15) is 0 Å². The zero-order valence-electron chi connectivity index (χ0n) is 19.4. The van der Waals surface area contributed by atoms with Gasteiger partial charge in [-0.15, -0.1) is 0 Å². The fourth-order valence-electron chi connectivity index (χ4n) is 5.61. The third kappa shape index (κ3) is 2.91. The van der Waals surface area contributed by atoms with Crippen molar-refractivity contribution in [3.05, 3.63) is 144 Å². The van der Waals surface area contributed by atoms with Crippen LogP contribution < -0.4 is 0 Å². The average Bonchev–Trinajstić information content (AvgIpc) is 2.95. The van der Waals surface area contributed by atoms with Crippen molar-refractivity contribution in [1.29, 1.82) is 0 Å². The summed E-state index contributed by atoms with van der Waals surface area (Å²) in [6.07, 6.45) is 0. The highest BCUT2D eigenvalue weighted by atomic mass is 16.1. The maximum absolute atomic E-state index is 12.1. The van der Waals surface area contributed by atoms with Crippen molar-refractivity contribution < 1.29 is 9.59 Å². The quantitative estimate of drug-likeness (QED) is 0.169. The first-order valence-electron chi connectivity index (χ1n) is 12.0. The molecule has 0 bridgehead atoms. The van der Waals surface area contributed by atoms with Crippen LogP contribution in [0.25, 0.3) is 43.1 Å². The van der Waals surface area contributed by atoms with E-state index in [-0.39, 0.29) is 11.6 Å². The molecule has 0 radical (unpaired) electrons. The summed E-state index contributed by atoms with van der Waals surface area (Å²) < 4.78 is 0. The Morgan fingerprint density at radius 3 is 1.03 bits per heavy atom. The number of hydrogen-bond acceptors (Lipinski definition) is 2. The largest absolute Gasteiger partial charge is 0.289 e. The van der Waals surface area contributed by atoms with Gasteiger partial charge in [0.15, 0.2) is 11.6 Å². The van der Waals surface area contributed by atoms with Crippen molar-refractivity contribution in [1.82, 2.24) is 0 Å². The lowest BCUT2D eigenvalue weighted by Crippen LogP contribution is -2.20. The Hall–Kier alpha value is -4.82. The molecule has 0 spiro atoms. The Bertz CT molecular complexity index is 1790. The second kappa shape index (κ2) is 7.86. The van der Waals surface area contributed by atoms with Crippen molar-refractivity contribution >= 4 is 54.7 Å². The van der Waals surface area contributed by atoms with Crippen molar-refractivity contribution in [2.24, 2.45) is 0 Å². The highest BCUT2D eigenvalue weighted by Crippen LogP contribution is 2.40. The zero-order chi connectivity index (χ0) is 24.2. The van der Waals surface area contributed by atoms with Gasteiger partial charge in [0.25, 0.3) is 0 Å². The van der Waals surface area contributed by atoms with Gasteiger partial charge in [-0.3, -0.25) is 9.59 Å². The molecule has 36 heavy (non-hydrogen) atoms. The molecular weight excluding hydrogens is 440 g/mol. The van der Waals surface area contributed by atoms with Crippen LogP contribution in [-0.2, 0) is 0 Å². The fraction of sp³-hybridized carbons (Fsp3) is 0. The first-order chi connectivity index (χ1) is 17.7. The first-order valence-corrected chi connectivity index (χ1v) is 12.0. The molecule has 0 aliphatic heterocycles. The summed E-state index contributed by atoms with van der Waals surface area (Å²) in [5, 5.41) is 10.9. The van der Waals surface area contributed by atoms with Gasteiger partial charge in [0, 0.05) is 22.3 Å². The SMILES string of the molecule is O=C1c2ccccc2C(=O)c2ccccc21.c1ccc2c(c1)c1cccc3ccc4cccc2c4c31. The maximum atomic E-state index is 12.1. The van der Waals surface area contributed by atoms with Crippen LogP contribution in [-0.4, -0.2) is 11.6 Å². The summed E-state index contributed by atoms with van der Waals surface area (Å²) >= 11 is 0. The minimum absolute atomic E-state index is 0.0641. The van der Waals surface area contributed by atoms with Crippen molar-refractivity contribution in [3.63, 3.8) is 0 Å². The lowest BCUT2D eigenvalue weighted by Gasteiger charge is -2.16. The highest BCUT2D eigenvalue weighted by molar-refractivity contribution is 6.33. The normalized spacial score (nSPS) is 12.6. The molecule has 2 nitrogen and oxygen atoms in total. The summed E-state index contributed by atoms with van der Waals surface area (Å²) in [5.74, 6) is -0.128. The lowest BCUT2D eigenvalue weighted by molar-refractivity contribution is 0.0979. The molecule has 1 aliphatic rings. The molecule has 0 heterocycles. The summed E-state index contributed by atoms with van der Waals surface area (Å²) in [7, 11) is 0. The maximum Gasteiger partial charge on any atom is 0.194 e. The van der Waals surface area contributed by atoms with E-state index in [1.54, 1.807) is 48.5 Å². The van der Waals surface area contributed by atoms with Crippen molar-refractivity contribution in [3.8, 4) is 0 Å². The van der Waals surface area contributed by atoms with Crippen LogP contribution in [0, 0.1) is 0 Å². The number of carbonyl (C=O) groups is 2. The van der Waals surface area contributed by atoms with E-state index in [4.69, 9.17) is 0 Å². The van der Waals surface area contributed by atoms with Crippen molar-refractivity contribution in [2.75, 3.05) is 0 Å². The number of ketones is 2. The van der Waals surface area contributed by atoms with Gasteiger partial charge in [0.1, 0.15) is 0 Å². The predicted molar refractivity (Wildman–Crippen MR) is 147 cm³/mol. The molecule has 0 aromatic heterocycles. The molecule has 8 rings (SSSR count). The molecule has 0 saturated heterocycles. The van der Waals surface area contributed by atoms with Crippen LogP contribution in [0.1, 0.15) is 31.8 Å². The van der Waals surface area contributed by atoms with Gasteiger partial charge in [-0.05, 0) is 43.1 Å². The summed E-state index contributed by atoms with van der Waals surface area (Å²) in [6.45, 7) is 0. The Balaban J connectivity index is 0.000000126. The Kier molecular flexibility index (Phi) is 4.49. The number of carbonyl (C=O) groups excluding carboxylic acids is 2. The molecule has 7 aromatic carbocycles. The van der Waals surface area contributed by atoms with E-state index in [0.717, 1.165) is 0 Å². The van der Waals surface area contributed by atoms with E-state index in [1.165, 1.54) is 43.1 Å². The van der Waals surface area contributed by atoms with Gasteiger partial charge >= 0.3 is 0 Å². The van der Waals surface area contributed by atoms with E-state index < -0.39 is 0 Å². The lowest BCUT2D eigenvalue weighted by atomic mass is 9.84. The zero-order valence-corrected chi connectivity index (χ0v) is 19.4. The molecule has 1 aliphatic carbocycles. The molecule has 0 unspecified atom stereocenters. The van der Waals surface area contributed by atoms with Crippen LogP contribution in [0.2, 0.25) is 0 Å². The molecule has 2 heteroatoms. The molecule has 168 valence electrons. The van der Waals surface area contributed by atoms with Crippen LogP contribution >= 0.6 is 0 Å². The van der Waals surface area contributed by atoms with Crippen LogP contribution in [0.15, 0.2) is 121 Å². The van der Waals surface area contributed by atoms with Gasteiger partial charge in [-0.25, -0.2) is 0 Å². The topological polar surface area (TPSA) is 34.1 Å². The van der Waals surface area contributed by atoms with E-state index in [9.17, 15) is 9.59 Å². The molecule has 0 N–H and O–H groups in total. The number of benzene rings is 7. The minimum atomic E-state index is -0.0641. The number of fused-ring (bicyclic) bond motifs is 5. The van der Waals surface area contributed by atoms with Crippen LogP contribution in [0.3, 0.4) is 0 Å². The molecule has 0 fully saturated rings. The van der Waals surface area contributed by atoms with Gasteiger partial charge in [0.2, 0.25) is 0 Å². The Morgan fingerprint density at radius 1 is 0.306 bits per heavy atom. The second-order valence-corrected chi connectivity index (χ2v) is 9.17. The summed E-state index contributed by atoms with van der Waals surface area (Å²) in [6, 6.07) is 40.3. The molecule has 0 amide bonds. The summed E-state index contributed by atoms with van der Waals surface area (Å²) in [4.78, 5) is 24.2. The number of hydrogen-bond donors (Lipinski definition) is 0. The van der Waals surface area contributed by atoms with E-state index >= 15 is 0 Å². The smallest absolute Gasteiger partial charge is 0.194 e. The standard InChI is InChI=1S/C20H12.C14H8O2/c1-2-8-16-15(7-1)17-9-3-5-13-11-12-14-6-4-10-18(16)20(14)19(13)17;15-13-9-5-1-2-6-10(9)14(16)12-8-4-3-7-11(12)13/h1-12H;1-8H. The van der Waals surface area contributed by atoms with Crippen molar-refractivity contribution in [2.45, 2.75) is 0 Å². The third-order valence-corrected chi connectivity index (χ3v) is 7.23. The Labute approximate surface area is 207 Å². The van der Waals surface area contributed by atoms with Crippen LogP contribution in [0.5, 0.6) is 0 Å². The van der Waals surface area contributed by atoms with E-state index in [0.29, 0.717) is 22.3 Å². The van der Waals surface area contributed by atoms with Gasteiger partial charge in [0.05, 0.1) is 0 Å². The minimum Gasteiger partial charge on any atom is -0.289 e. The number of rotatable bonds is 0. The predicted octanol–water partition coefficient (Wildman–Crippen LogP) is 8.20. The Morgan fingerprint density at radius 2 is 0.639 bits per heavy atom. The third-order valence-electron chi connectivity index (χ3n) is 7.23. The summed E-state index contributed by atoms with van der Waals surface area (Å²) in [5.41, 5.74) is 2.02. The van der Waals surface area contributed by atoms with E-state index in [1.807, 2.05) is 0 Å². The first kappa shape index (κ1) is 20.5. The molecule has 0 atom stereocenters. The average molecular weight is 461 g/mol. The second-order valence-electron chi connectivity index (χ2n) is 9.17. The monoisotopic (exact) mass is 460 g/mol. The highest BCUT2D eigenvalue weighted by Gasteiger charge is 2.28. The molecule has 0 saturated carbocycles.